The Morgan fingerprint density at radius 3 is 2.65 bits per heavy atom. The lowest BCUT2D eigenvalue weighted by molar-refractivity contribution is 0.467. The van der Waals surface area contributed by atoms with Crippen molar-refractivity contribution in [2.75, 3.05) is 7.05 Å². The fourth-order valence-corrected chi connectivity index (χ4v) is 4.05. The van der Waals surface area contributed by atoms with Crippen molar-refractivity contribution in [1.29, 1.82) is 0 Å². The number of nitrogens with one attached hydrogen (secondary N) is 1. The summed E-state index contributed by atoms with van der Waals surface area (Å²) in [6.07, 6.45) is 3.54. The minimum atomic E-state index is 0.392. The van der Waals surface area contributed by atoms with Gasteiger partial charge < -0.3 is 10.4 Å². The third-order valence-corrected chi connectivity index (χ3v) is 5.22. The number of aromatic hydroxyl groups is 1. The van der Waals surface area contributed by atoms with Crippen molar-refractivity contribution < 1.29 is 5.11 Å². The normalized spacial score (nSPS) is 18.1. The van der Waals surface area contributed by atoms with Crippen LogP contribution in [-0.2, 0) is 6.42 Å². The minimum absolute atomic E-state index is 0.392. The van der Waals surface area contributed by atoms with Gasteiger partial charge in [0.15, 0.2) is 0 Å². The van der Waals surface area contributed by atoms with Crippen LogP contribution >= 0.6 is 11.3 Å². The molecule has 2 aromatic rings. The van der Waals surface area contributed by atoms with Gasteiger partial charge in [0.05, 0.1) is 11.7 Å². The van der Waals surface area contributed by atoms with Crippen LogP contribution in [-0.4, -0.2) is 17.1 Å². The monoisotopic (exact) mass is 288 g/mol. The number of aryl methyl sites for hydroxylation is 3. The maximum absolute atomic E-state index is 9.89. The first-order valence-corrected chi connectivity index (χ1v) is 7.89. The molecule has 1 heterocycles. The van der Waals surface area contributed by atoms with Gasteiger partial charge in [-0.25, -0.2) is 4.98 Å². The highest BCUT2D eigenvalue weighted by atomic mass is 32.1. The molecule has 0 amide bonds. The van der Waals surface area contributed by atoms with E-state index in [1.165, 1.54) is 23.4 Å². The van der Waals surface area contributed by atoms with Crippen LogP contribution in [0.2, 0.25) is 0 Å². The summed E-state index contributed by atoms with van der Waals surface area (Å²) in [7, 11) is 2.01. The molecule has 0 aliphatic heterocycles. The van der Waals surface area contributed by atoms with Gasteiger partial charge in [0.2, 0.25) is 0 Å². The summed E-state index contributed by atoms with van der Waals surface area (Å²) >= 11 is 1.80. The van der Waals surface area contributed by atoms with Crippen molar-refractivity contribution in [3.63, 3.8) is 0 Å². The lowest BCUT2D eigenvalue weighted by atomic mass is 9.98. The minimum Gasteiger partial charge on any atom is -0.507 e. The zero-order chi connectivity index (χ0) is 14.3. The second-order valence-corrected chi connectivity index (χ2v) is 6.60. The maximum atomic E-state index is 9.89. The first-order chi connectivity index (χ1) is 9.60. The van der Waals surface area contributed by atoms with Gasteiger partial charge in [-0.2, -0.15) is 0 Å². The largest absolute Gasteiger partial charge is 0.507 e. The molecule has 106 valence electrons. The third-order valence-electron chi connectivity index (χ3n) is 4.04. The Bertz CT molecular complexity index is 625. The molecular formula is C16H20N2OS. The molecule has 1 aliphatic carbocycles. The molecule has 2 N–H and O–H groups in total. The predicted molar refractivity (Wildman–Crippen MR) is 83.4 cm³/mol. The van der Waals surface area contributed by atoms with E-state index in [0.717, 1.165) is 28.1 Å². The second-order valence-electron chi connectivity index (χ2n) is 5.52. The van der Waals surface area contributed by atoms with Crippen LogP contribution in [0, 0.1) is 13.8 Å². The summed E-state index contributed by atoms with van der Waals surface area (Å²) in [5.74, 6) is 0.392. The van der Waals surface area contributed by atoms with E-state index < -0.39 is 0 Å². The lowest BCUT2D eigenvalue weighted by Crippen LogP contribution is -2.21. The molecule has 3 rings (SSSR count). The van der Waals surface area contributed by atoms with Gasteiger partial charge in [-0.05, 0) is 63.4 Å². The van der Waals surface area contributed by atoms with E-state index in [4.69, 9.17) is 4.98 Å². The third kappa shape index (κ3) is 2.23. The summed E-state index contributed by atoms with van der Waals surface area (Å²) in [4.78, 5) is 6.27. The van der Waals surface area contributed by atoms with E-state index in [9.17, 15) is 5.11 Å². The Balaban J connectivity index is 2.06. The van der Waals surface area contributed by atoms with Gasteiger partial charge in [-0.3, -0.25) is 0 Å². The Kier molecular flexibility index (Phi) is 3.52. The highest BCUT2D eigenvalue weighted by Gasteiger charge is 2.24. The average Bonchev–Trinajstić information content (AvgIpc) is 2.88. The molecule has 1 aliphatic rings. The summed E-state index contributed by atoms with van der Waals surface area (Å²) in [5, 5.41) is 14.3. The highest BCUT2D eigenvalue weighted by Crippen LogP contribution is 2.38. The summed E-state index contributed by atoms with van der Waals surface area (Å²) in [6, 6.07) is 4.45. The Morgan fingerprint density at radius 1 is 1.30 bits per heavy atom. The van der Waals surface area contributed by atoms with E-state index in [2.05, 4.69) is 5.32 Å². The summed E-state index contributed by atoms with van der Waals surface area (Å²) in [6.45, 7) is 3.88. The molecule has 0 spiro atoms. The zero-order valence-electron chi connectivity index (χ0n) is 12.2. The number of aromatic nitrogens is 1. The topological polar surface area (TPSA) is 45.1 Å². The van der Waals surface area contributed by atoms with E-state index in [0.29, 0.717) is 11.8 Å². The summed E-state index contributed by atoms with van der Waals surface area (Å²) in [5.41, 5.74) is 4.17. The number of rotatable bonds is 2. The molecule has 0 fully saturated rings. The van der Waals surface area contributed by atoms with Gasteiger partial charge in [-0.1, -0.05) is 0 Å². The van der Waals surface area contributed by atoms with E-state index in [1.807, 2.05) is 33.0 Å². The first kappa shape index (κ1) is 13.6. The number of hydrogen-bond acceptors (Lipinski definition) is 4. The number of nitrogens with zero attached hydrogens (tertiary/aromatic N) is 1. The van der Waals surface area contributed by atoms with Crippen LogP contribution in [0.15, 0.2) is 12.1 Å². The molecule has 3 nitrogen and oxygen atoms in total. The van der Waals surface area contributed by atoms with Gasteiger partial charge in [0.25, 0.3) is 0 Å². The van der Waals surface area contributed by atoms with Crippen molar-refractivity contribution in [1.82, 2.24) is 10.3 Å². The fourth-order valence-electron chi connectivity index (χ4n) is 2.90. The Labute approximate surface area is 123 Å². The van der Waals surface area contributed by atoms with E-state index in [-0.39, 0.29) is 0 Å². The Hall–Kier alpha value is -1.39. The van der Waals surface area contributed by atoms with E-state index in [1.54, 1.807) is 11.3 Å². The maximum Gasteiger partial charge on any atom is 0.123 e. The van der Waals surface area contributed by atoms with Gasteiger partial charge in [-0.15, -0.1) is 11.3 Å². The van der Waals surface area contributed by atoms with Crippen molar-refractivity contribution in [3.05, 3.63) is 33.8 Å². The van der Waals surface area contributed by atoms with Crippen LogP contribution in [0.1, 0.15) is 40.6 Å². The molecule has 4 heteroatoms. The second kappa shape index (κ2) is 5.19. The molecule has 1 aromatic carbocycles. The molecular weight excluding hydrogens is 268 g/mol. The van der Waals surface area contributed by atoms with Crippen LogP contribution in [0.5, 0.6) is 5.75 Å². The first-order valence-electron chi connectivity index (χ1n) is 7.07. The van der Waals surface area contributed by atoms with Crippen molar-refractivity contribution in [3.8, 4) is 16.3 Å². The number of fused-ring (bicyclic) bond motifs is 1. The van der Waals surface area contributed by atoms with Crippen molar-refractivity contribution in [2.45, 2.75) is 39.2 Å². The summed E-state index contributed by atoms with van der Waals surface area (Å²) < 4.78 is 0. The quantitative estimate of drug-likeness (QED) is 0.885. The number of benzene rings is 1. The Morgan fingerprint density at radius 2 is 2.00 bits per heavy atom. The molecule has 1 aromatic heterocycles. The fraction of sp³-hybridized carbons (Fsp3) is 0.438. The molecule has 20 heavy (non-hydrogen) atoms. The van der Waals surface area contributed by atoms with Gasteiger partial charge in [0, 0.05) is 10.4 Å². The van der Waals surface area contributed by atoms with Crippen LogP contribution in [0.3, 0.4) is 0 Å². The van der Waals surface area contributed by atoms with Crippen molar-refractivity contribution in [2.24, 2.45) is 0 Å². The molecule has 0 radical (unpaired) electrons. The van der Waals surface area contributed by atoms with Crippen molar-refractivity contribution >= 4 is 11.3 Å². The van der Waals surface area contributed by atoms with Crippen LogP contribution in [0.4, 0.5) is 0 Å². The molecule has 0 saturated carbocycles. The van der Waals surface area contributed by atoms with Crippen LogP contribution in [0.25, 0.3) is 10.6 Å². The highest BCUT2D eigenvalue weighted by molar-refractivity contribution is 7.15. The number of hydrogen-bond donors (Lipinski definition) is 2. The number of phenolic OH excluding ortho intramolecular Hbond substituents is 1. The smallest absolute Gasteiger partial charge is 0.123 e. The van der Waals surface area contributed by atoms with Gasteiger partial charge in [0.1, 0.15) is 10.8 Å². The van der Waals surface area contributed by atoms with Gasteiger partial charge >= 0.3 is 0 Å². The average molecular weight is 288 g/mol. The van der Waals surface area contributed by atoms with Crippen LogP contribution < -0.4 is 5.32 Å². The molecule has 1 atom stereocenters. The van der Waals surface area contributed by atoms with E-state index >= 15 is 0 Å². The lowest BCUT2D eigenvalue weighted by Gasteiger charge is -2.19. The molecule has 0 bridgehead atoms. The molecule has 0 saturated heterocycles. The SMILES string of the molecule is CNC1CCCc2sc(-c3cc(C)c(O)c(C)c3)nc21. The molecule has 1 unspecified atom stereocenters. The predicted octanol–water partition coefficient (Wildman–Crippen LogP) is 3.73. The zero-order valence-corrected chi connectivity index (χ0v) is 13.0. The number of thiazole rings is 1. The standard InChI is InChI=1S/C16H20N2OS/c1-9-7-11(8-10(2)15(9)19)16-18-14-12(17-3)5-4-6-13(14)20-16/h7-8,12,17,19H,4-6H2,1-3H3. The number of phenols is 1.